The van der Waals surface area contributed by atoms with Crippen molar-refractivity contribution in [3.63, 3.8) is 0 Å². The highest BCUT2D eigenvalue weighted by molar-refractivity contribution is 9.10. The normalized spacial score (nSPS) is 23.3. The Morgan fingerprint density at radius 3 is 2.61 bits per heavy atom. The second kappa shape index (κ2) is 6.00. The van der Waals surface area contributed by atoms with Gasteiger partial charge < -0.3 is 5.32 Å². The first-order valence-corrected chi connectivity index (χ1v) is 7.72. The van der Waals surface area contributed by atoms with E-state index < -0.39 is 0 Å². The minimum Gasteiger partial charge on any atom is -0.372 e. The van der Waals surface area contributed by atoms with Crippen molar-refractivity contribution in [1.29, 1.82) is 0 Å². The maximum Gasteiger partial charge on any atom is 0.144 e. The highest BCUT2D eigenvalue weighted by atomic mass is 79.9. The van der Waals surface area contributed by atoms with E-state index in [0.717, 1.165) is 34.1 Å². The minimum absolute atomic E-state index is 0.556. The lowest BCUT2D eigenvalue weighted by Gasteiger charge is -2.14. The summed E-state index contributed by atoms with van der Waals surface area (Å²) in [6.45, 7) is 4.42. The number of rotatable bonds is 4. The van der Waals surface area contributed by atoms with Crippen LogP contribution in [0.25, 0.3) is 0 Å². The van der Waals surface area contributed by atoms with Crippen molar-refractivity contribution in [1.82, 2.24) is 9.97 Å². The maximum absolute atomic E-state index is 4.75. The molecule has 1 aromatic heterocycles. The molecule has 0 saturated heterocycles. The Morgan fingerprint density at radius 2 is 2.06 bits per heavy atom. The summed E-state index contributed by atoms with van der Waals surface area (Å²) in [7, 11) is 1.92. The lowest BCUT2D eigenvalue weighted by Crippen LogP contribution is -2.08. The third-order valence-electron chi connectivity index (χ3n) is 3.99. The Balaban J connectivity index is 2.28. The molecule has 1 aromatic rings. The lowest BCUT2D eigenvalue weighted by atomic mass is 10.0. The van der Waals surface area contributed by atoms with Gasteiger partial charge in [0, 0.05) is 13.0 Å². The van der Waals surface area contributed by atoms with E-state index in [4.69, 9.17) is 4.98 Å². The third kappa shape index (κ3) is 2.68. The summed E-state index contributed by atoms with van der Waals surface area (Å²) in [5.41, 5.74) is 1.12. The monoisotopic (exact) mass is 311 g/mol. The SMILES string of the molecule is CCc1nc(C2CCC(CC)C2)nc(NC)c1Br. The molecule has 1 N–H and O–H groups in total. The summed E-state index contributed by atoms with van der Waals surface area (Å²) < 4.78 is 1.02. The van der Waals surface area contributed by atoms with Gasteiger partial charge >= 0.3 is 0 Å². The van der Waals surface area contributed by atoms with Gasteiger partial charge in [-0.2, -0.15) is 0 Å². The molecule has 0 aromatic carbocycles. The first-order chi connectivity index (χ1) is 8.69. The van der Waals surface area contributed by atoms with Crippen molar-refractivity contribution in [2.45, 2.75) is 51.9 Å². The fourth-order valence-corrected chi connectivity index (χ4v) is 3.43. The highest BCUT2D eigenvalue weighted by Crippen LogP contribution is 2.39. The maximum atomic E-state index is 4.75. The van der Waals surface area contributed by atoms with Crippen LogP contribution in [0.4, 0.5) is 5.82 Å². The molecule has 1 saturated carbocycles. The molecule has 0 radical (unpaired) electrons. The van der Waals surface area contributed by atoms with Gasteiger partial charge in [-0.15, -0.1) is 0 Å². The molecule has 0 aliphatic heterocycles. The van der Waals surface area contributed by atoms with E-state index in [9.17, 15) is 0 Å². The molecule has 2 unspecified atom stereocenters. The van der Waals surface area contributed by atoms with Gasteiger partial charge in [0.2, 0.25) is 0 Å². The van der Waals surface area contributed by atoms with Crippen molar-refractivity contribution < 1.29 is 0 Å². The van der Waals surface area contributed by atoms with Crippen LogP contribution in [0.5, 0.6) is 0 Å². The van der Waals surface area contributed by atoms with Gasteiger partial charge in [0.15, 0.2) is 0 Å². The number of aryl methyl sites for hydroxylation is 1. The van der Waals surface area contributed by atoms with Gasteiger partial charge in [-0.3, -0.25) is 0 Å². The summed E-state index contributed by atoms with van der Waals surface area (Å²) >= 11 is 3.58. The fourth-order valence-electron chi connectivity index (χ4n) is 2.78. The molecule has 2 rings (SSSR count). The number of halogens is 1. The predicted octanol–water partition coefficient (Wildman–Crippen LogP) is 4.14. The number of aromatic nitrogens is 2. The van der Waals surface area contributed by atoms with E-state index in [0.29, 0.717) is 5.92 Å². The molecule has 1 heterocycles. The van der Waals surface area contributed by atoms with Gasteiger partial charge in [0.05, 0.1) is 10.2 Å². The quantitative estimate of drug-likeness (QED) is 0.908. The third-order valence-corrected chi connectivity index (χ3v) is 4.83. The molecular weight excluding hydrogens is 290 g/mol. The van der Waals surface area contributed by atoms with Gasteiger partial charge in [0.1, 0.15) is 11.6 Å². The molecule has 100 valence electrons. The van der Waals surface area contributed by atoms with E-state index in [2.05, 4.69) is 40.1 Å². The number of anilines is 1. The number of hydrogen-bond donors (Lipinski definition) is 1. The molecule has 0 spiro atoms. The van der Waals surface area contributed by atoms with E-state index in [1.165, 1.54) is 25.7 Å². The molecular formula is C14H22BrN3. The van der Waals surface area contributed by atoms with Crippen LogP contribution < -0.4 is 5.32 Å². The Kier molecular flexibility index (Phi) is 4.60. The summed E-state index contributed by atoms with van der Waals surface area (Å²) in [4.78, 5) is 9.43. The molecule has 3 nitrogen and oxygen atoms in total. The first kappa shape index (κ1) is 13.8. The number of nitrogens with zero attached hydrogens (tertiary/aromatic N) is 2. The molecule has 18 heavy (non-hydrogen) atoms. The zero-order valence-corrected chi connectivity index (χ0v) is 13.0. The molecule has 1 fully saturated rings. The van der Waals surface area contributed by atoms with Crippen LogP contribution in [-0.4, -0.2) is 17.0 Å². The zero-order valence-electron chi connectivity index (χ0n) is 11.5. The molecule has 1 aliphatic rings. The molecule has 1 aliphatic carbocycles. The molecule has 0 amide bonds. The van der Waals surface area contributed by atoms with Crippen LogP contribution in [0.2, 0.25) is 0 Å². The fraction of sp³-hybridized carbons (Fsp3) is 0.714. The zero-order chi connectivity index (χ0) is 13.1. The Morgan fingerprint density at radius 1 is 1.28 bits per heavy atom. The van der Waals surface area contributed by atoms with Crippen LogP contribution in [0.3, 0.4) is 0 Å². The van der Waals surface area contributed by atoms with Gasteiger partial charge in [-0.05, 0) is 47.5 Å². The van der Waals surface area contributed by atoms with E-state index in [1.807, 2.05) is 7.05 Å². The van der Waals surface area contributed by atoms with Crippen LogP contribution in [0.15, 0.2) is 4.47 Å². The lowest BCUT2D eigenvalue weighted by molar-refractivity contribution is 0.516. The Labute approximate surface area is 118 Å². The van der Waals surface area contributed by atoms with Crippen LogP contribution in [0.1, 0.15) is 57.0 Å². The van der Waals surface area contributed by atoms with Crippen molar-refractivity contribution >= 4 is 21.7 Å². The van der Waals surface area contributed by atoms with Crippen molar-refractivity contribution in [3.8, 4) is 0 Å². The topological polar surface area (TPSA) is 37.8 Å². The van der Waals surface area contributed by atoms with Crippen LogP contribution in [-0.2, 0) is 6.42 Å². The van der Waals surface area contributed by atoms with Crippen molar-refractivity contribution in [2.75, 3.05) is 12.4 Å². The summed E-state index contributed by atoms with van der Waals surface area (Å²) in [5, 5.41) is 3.16. The summed E-state index contributed by atoms with van der Waals surface area (Å²) in [5.74, 6) is 3.39. The van der Waals surface area contributed by atoms with Gasteiger partial charge in [0.25, 0.3) is 0 Å². The second-order valence-corrected chi connectivity index (χ2v) is 5.87. The van der Waals surface area contributed by atoms with E-state index >= 15 is 0 Å². The number of nitrogens with one attached hydrogen (secondary N) is 1. The average molecular weight is 312 g/mol. The second-order valence-electron chi connectivity index (χ2n) is 5.08. The summed E-state index contributed by atoms with van der Waals surface area (Å²) in [6.07, 6.45) is 6.05. The standard InChI is InChI=1S/C14H22BrN3/c1-4-9-6-7-10(8-9)13-17-11(5-2)12(15)14(16-3)18-13/h9-10H,4-8H2,1-3H3,(H,16,17,18). The van der Waals surface area contributed by atoms with Crippen molar-refractivity contribution in [2.24, 2.45) is 5.92 Å². The van der Waals surface area contributed by atoms with E-state index in [1.54, 1.807) is 0 Å². The average Bonchev–Trinajstić information content (AvgIpc) is 2.88. The molecule has 2 atom stereocenters. The Hall–Kier alpha value is -0.640. The Bertz CT molecular complexity index is 394. The predicted molar refractivity (Wildman–Crippen MR) is 79.0 cm³/mol. The molecule has 4 heteroatoms. The largest absolute Gasteiger partial charge is 0.372 e. The van der Waals surface area contributed by atoms with Crippen LogP contribution in [0, 0.1) is 5.92 Å². The van der Waals surface area contributed by atoms with Crippen LogP contribution >= 0.6 is 15.9 Å². The summed E-state index contributed by atoms with van der Waals surface area (Å²) in [6, 6.07) is 0. The van der Waals surface area contributed by atoms with Crippen molar-refractivity contribution in [3.05, 3.63) is 16.0 Å². The highest BCUT2D eigenvalue weighted by Gasteiger charge is 2.27. The molecule has 0 bridgehead atoms. The first-order valence-electron chi connectivity index (χ1n) is 6.93. The van der Waals surface area contributed by atoms with Gasteiger partial charge in [-0.1, -0.05) is 20.3 Å². The minimum atomic E-state index is 0.556. The number of hydrogen-bond acceptors (Lipinski definition) is 3. The smallest absolute Gasteiger partial charge is 0.144 e. The van der Waals surface area contributed by atoms with E-state index in [-0.39, 0.29) is 0 Å². The van der Waals surface area contributed by atoms with Gasteiger partial charge in [-0.25, -0.2) is 9.97 Å².